The largest absolute Gasteiger partial charge is 0.324 e. The first kappa shape index (κ1) is 12.4. The van der Waals surface area contributed by atoms with Crippen LogP contribution in [0.3, 0.4) is 0 Å². The van der Waals surface area contributed by atoms with Gasteiger partial charge in [0.1, 0.15) is 0 Å². The van der Waals surface area contributed by atoms with E-state index in [-0.39, 0.29) is 24.8 Å². The number of halogens is 2. The van der Waals surface area contributed by atoms with Gasteiger partial charge in [0.15, 0.2) is 0 Å². The van der Waals surface area contributed by atoms with E-state index in [1.54, 1.807) is 11.3 Å². The van der Waals surface area contributed by atoms with Crippen LogP contribution >= 0.6 is 36.2 Å². The van der Waals surface area contributed by atoms with Crippen LogP contribution in [0.15, 0.2) is 23.7 Å². The molecule has 1 aromatic heterocycles. The van der Waals surface area contributed by atoms with E-state index in [9.17, 15) is 0 Å². The van der Waals surface area contributed by atoms with Crippen molar-refractivity contribution in [1.29, 1.82) is 0 Å². The number of benzene rings is 1. The Morgan fingerprint density at radius 2 is 2.08 bits per heavy atom. The smallest absolute Gasteiger partial charge is 0.0813 e. The lowest BCUT2D eigenvalue weighted by atomic mass is 10.3. The summed E-state index contributed by atoms with van der Waals surface area (Å²) in [6, 6.07) is 5.83. The van der Waals surface area contributed by atoms with Crippen molar-refractivity contribution in [3.63, 3.8) is 0 Å². The van der Waals surface area contributed by atoms with Crippen LogP contribution in [0.25, 0.3) is 10.2 Å². The second-order valence-electron chi connectivity index (χ2n) is 2.18. The predicted molar refractivity (Wildman–Crippen MR) is 61.9 cm³/mol. The minimum atomic E-state index is 0. The number of aromatic nitrogens is 1. The van der Waals surface area contributed by atoms with Crippen LogP contribution in [0.5, 0.6) is 0 Å². The van der Waals surface area contributed by atoms with E-state index in [1.807, 2.05) is 23.7 Å². The Labute approximate surface area is 92.1 Å². The molecule has 1 aromatic carbocycles. The van der Waals surface area contributed by atoms with Gasteiger partial charge < -0.3 is 5.43 Å². The van der Waals surface area contributed by atoms with Crippen molar-refractivity contribution >= 4 is 52.1 Å². The highest BCUT2D eigenvalue weighted by molar-refractivity contribution is 7.16. The molecule has 3 nitrogen and oxygen atoms in total. The maximum Gasteiger partial charge on any atom is 0.0813 e. The zero-order chi connectivity index (χ0) is 7.68. The van der Waals surface area contributed by atoms with E-state index in [0.29, 0.717) is 0 Å². The molecule has 72 valence electrons. The third kappa shape index (κ3) is 2.45. The van der Waals surface area contributed by atoms with Gasteiger partial charge in [0.25, 0.3) is 0 Å². The van der Waals surface area contributed by atoms with Crippen molar-refractivity contribution < 1.29 is 0 Å². The van der Waals surface area contributed by atoms with E-state index >= 15 is 0 Å². The van der Waals surface area contributed by atoms with E-state index in [4.69, 9.17) is 5.84 Å². The van der Waals surface area contributed by atoms with Gasteiger partial charge in [0.05, 0.1) is 21.4 Å². The topological polar surface area (TPSA) is 50.9 Å². The fourth-order valence-electron chi connectivity index (χ4n) is 0.945. The summed E-state index contributed by atoms with van der Waals surface area (Å²) < 4.78 is 1.15. The molecule has 0 bridgehead atoms. The minimum Gasteiger partial charge on any atom is -0.324 e. The Balaban J connectivity index is 0.000000720. The first-order valence-electron chi connectivity index (χ1n) is 3.20. The van der Waals surface area contributed by atoms with E-state index in [1.165, 1.54) is 0 Å². The zero-order valence-electron chi connectivity index (χ0n) is 6.56. The van der Waals surface area contributed by atoms with Crippen molar-refractivity contribution in [3.8, 4) is 0 Å². The molecule has 6 heteroatoms. The fraction of sp³-hybridized carbons (Fsp3) is 0. The SMILES string of the molecule is Cl.Cl.NNc1ccc2ncsc2c1. The summed E-state index contributed by atoms with van der Waals surface area (Å²) in [7, 11) is 0. The number of fused-ring (bicyclic) bond motifs is 1. The van der Waals surface area contributed by atoms with Gasteiger partial charge in [0, 0.05) is 0 Å². The summed E-state index contributed by atoms with van der Waals surface area (Å²) in [4.78, 5) is 4.14. The molecule has 0 aliphatic carbocycles. The van der Waals surface area contributed by atoms with Crippen LogP contribution in [0.4, 0.5) is 5.69 Å². The van der Waals surface area contributed by atoms with Crippen LogP contribution in [0, 0.1) is 0 Å². The van der Waals surface area contributed by atoms with Crippen molar-refractivity contribution in [3.05, 3.63) is 23.7 Å². The third-order valence-electron chi connectivity index (χ3n) is 1.50. The Morgan fingerprint density at radius 1 is 1.31 bits per heavy atom. The molecule has 1 heterocycles. The number of thiazole rings is 1. The number of nitrogens with two attached hydrogens (primary N) is 1. The highest BCUT2D eigenvalue weighted by Gasteiger charge is 1.95. The molecule has 0 saturated carbocycles. The van der Waals surface area contributed by atoms with Crippen molar-refractivity contribution in [2.24, 2.45) is 5.84 Å². The molecule has 0 amide bonds. The third-order valence-corrected chi connectivity index (χ3v) is 2.29. The van der Waals surface area contributed by atoms with Crippen LogP contribution < -0.4 is 11.3 Å². The van der Waals surface area contributed by atoms with Crippen molar-refractivity contribution in [2.75, 3.05) is 5.43 Å². The molecule has 0 spiro atoms. The normalized spacial score (nSPS) is 8.69. The number of nitrogens with zero attached hydrogens (tertiary/aromatic N) is 1. The van der Waals surface area contributed by atoms with Crippen LogP contribution in [-0.2, 0) is 0 Å². The van der Waals surface area contributed by atoms with Crippen LogP contribution in [-0.4, -0.2) is 4.98 Å². The maximum absolute atomic E-state index is 5.24. The molecule has 0 radical (unpaired) electrons. The van der Waals surface area contributed by atoms with Gasteiger partial charge in [-0.15, -0.1) is 36.2 Å². The molecule has 3 N–H and O–H groups in total. The quantitative estimate of drug-likeness (QED) is 0.592. The molecule has 2 rings (SSSR count). The van der Waals surface area contributed by atoms with Crippen LogP contribution in [0.1, 0.15) is 0 Å². The summed E-state index contributed by atoms with van der Waals surface area (Å²) in [5, 5.41) is 0. The van der Waals surface area contributed by atoms with E-state index in [2.05, 4.69) is 10.4 Å². The van der Waals surface area contributed by atoms with Crippen molar-refractivity contribution in [1.82, 2.24) is 4.98 Å². The highest BCUT2D eigenvalue weighted by atomic mass is 35.5. The summed E-state index contributed by atoms with van der Waals surface area (Å²) in [6.45, 7) is 0. The van der Waals surface area contributed by atoms with Gasteiger partial charge >= 0.3 is 0 Å². The maximum atomic E-state index is 5.24. The highest BCUT2D eigenvalue weighted by Crippen LogP contribution is 2.20. The number of hydrogen-bond acceptors (Lipinski definition) is 4. The summed E-state index contributed by atoms with van der Waals surface area (Å²) in [6.07, 6.45) is 0. The Hall–Kier alpha value is -0.550. The molecular weight excluding hydrogens is 229 g/mol. The Bertz CT molecular complexity index is 377. The fourth-order valence-corrected chi connectivity index (χ4v) is 1.66. The number of hydrogen-bond donors (Lipinski definition) is 2. The lowest BCUT2D eigenvalue weighted by Gasteiger charge is -1.96. The number of anilines is 1. The summed E-state index contributed by atoms with van der Waals surface area (Å²) >= 11 is 1.61. The monoisotopic (exact) mass is 237 g/mol. The predicted octanol–water partition coefficient (Wildman–Crippen LogP) is 2.43. The molecule has 0 aliphatic heterocycles. The number of hydrazine groups is 1. The van der Waals surface area contributed by atoms with Crippen LogP contribution in [0.2, 0.25) is 0 Å². The first-order chi connectivity index (χ1) is 5.40. The summed E-state index contributed by atoms with van der Waals surface area (Å²) in [5.41, 5.74) is 6.35. The molecule has 13 heavy (non-hydrogen) atoms. The van der Waals surface area contributed by atoms with Gasteiger partial charge in [-0.1, -0.05) is 0 Å². The second kappa shape index (κ2) is 5.24. The van der Waals surface area contributed by atoms with Gasteiger partial charge in [-0.3, -0.25) is 5.84 Å². The average molecular weight is 238 g/mol. The zero-order valence-corrected chi connectivity index (χ0v) is 9.01. The average Bonchev–Trinajstić information content (AvgIpc) is 2.50. The minimum absolute atomic E-state index is 0. The number of nitrogen functional groups attached to an aromatic ring is 1. The molecule has 2 aromatic rings. The molecular formula is C7H9Cl2N3S. The Morgan fingerprint density at radius 3 is 2.77 bits per heavy atom. The number of rotatable bonds is 1. The molecule has 0 fully saturated rings. The van der Waals surface area contributed by atoms with E-state index < -0.39 is 0 Å². The first-order valence-corrected chi connectivity index (χ1v) is 4.08. The van der Waals surface area contributed by atoms with Gasteiger partial charge in [-0.2, -0.15) is 0 Å². The lowest BCUT2D eigenvalue weighted by molar-refractivity contribution is 1.36. The molecule has 0 unspecified atom stereocenters. The second-order valence-corrected chi connectivity index (χ2v) is 3.07. The molecule has 0 saturated heterocycles. The van der Waals surface area contributed by atoms with Gasteiger partial charge in [-0.25, -0.2) is 4.98 Å². The number of nitrogens with one attached hydrogen (secondary N) is 1. The Kier molecular flexibility index (Phi) is 5.02. The summed E-state index contributed by atoms with van der Waals surface area (Å²) in [5.74, 6) is 5.24. The van der Waals surface area contributed by atoms with Gasteiger partial charge in [0.2, 0.25) is 0 Å². The molecule has 0 atom stereocenters. The van der Waals surface area contributed by atoms with Gasteiger partial charge in [-0.05, 0) is 18.2 Å². The van der Waals surface area contributed by atoms with E-state index in [0.717, 1.165) is 15.9 Å². The molecule has 0 aliphatic rings. The lowest BCUT2D eigenvalue weighted by Crippen LogP contribution is -2.05. The standard InChI is InChI=1S/C7H7N3S.2ClH/c8-10-5-1-2-6-7(3-5)11-4-9-6;;/h1-4,10H,8H2;2*1H. The van der Waals surface area contributed by atoms with Crippen molar-refractivity contribution in [2.45, 2.75) is 0 Å².